The maximum absolute atomic E-state index is 9.67. The quantitative estimate of drug-likeness (QED) is 0.668. The fraction of sp³-hybridized carbons (Fsp3) is 0.400. The standard InChI is InChI=1S/C20H26ClNO/c1-19(2,3)13-10-16(20(4,5)6)18(17(21)11-13)22-14-8-7-9-15(23)12-14/h7-12,22-23H,1-6H3. The van der Waals surface area contributed by atoms with E-state index in [4.69, 9.17) is 11.6 Å². The normalized spacial score (nSPS) is 12.3. The molecule has 2 nitrogen and oxygen atoms in total. The molecule has 0 spiro atoms. The summed E-state index contributed by atoms with van der Waals surface area (Å²) in [6, 6.07) is 11.3. The maximum Gasteiger partial charge on any atom is 0.117 e. The molecule has 0 bridgehead atoms. The summed E-state index contributed by atoms with van der Waals surface area (Å²) in [5.74, 6) is 0.231. The third-order valence-electron chi connectivity index (χ3n) is 3.88. The molecule has 2 aromatic rings. The van der Waals surface area contributed by atoms with Crippen molar-refractivity contribution in [2.75, 3.05) is 5.32 Å². The van der Waals surface area contributed by atoms with Gasteiger partial charge < -0.3 is 10.4 Å². The van der Waals surface area contributed by atoms with E-state index in [-0.39, 0.29) is 16.6 Å². The largest absolute Gasteiger partial charge is 0.508 e. The number of aromatic hydroxyl groups is 1. The Kier molecular flexibility index (Phi) is 4.68. The van der Waals surface area contributed by atoms with Crippen LogP contribution >= 0.6 is 11.6 Å². The second-order valence-electron chi connectivity index (χ2n) is 8.06. The van der Waals surface area contributed by atoms with E-state index in [0.29, 0.717) is 5.02 Å². The lowest BCUT2D eigenvalue weighted by Crippen LogP contribution is -2.18. The summed E-state index contributed by atoms with van der Waals surface area (Å²) < 4.78 is 0. The van der Waals surface area contributed by atoms with Gasteiger partial charge in [0.05, 0.1) is 10.7 Å². The molecule has 2 N–H and O–H groups in total. The van der Waals surface area contributed by atoms with Crippen molar-refractivity contribution in [2.45, 2.75) is 52.4 Å². The first-order valence-corrected chi connectivity index (χ1v) is 8.27. The zero-order valence-electron chi connectivity index (χ0n) is 14.8. The Morgan fingerprint density at radius 2 is 1.57 bits per heavy atom. The number of anilines is 2. The number of phenolic OH excluding ortho intramolecular Hbond substituents is 1. The van der Waals surface area contributed by atoms with Crippen LogP contribution in [0, 0.1) is 0 Å². The highest BCUT2D eigenvalue weighted by Crippen LogP contribution is 2.40. The molecule has 0 unspecified atom stereocenters. The van der Waals surface area contributed by atoms with Gasteiger partial charge in [-0.3, -0.25) is 0 Å². The van der Waals surface area contributed by atoms with Gasteiger partial charge >= 0.3 is 0 Å². The van der Waals surface area contributed by atoms with Crippen LogP contribution in [0.1, 0.15) is 52.7 Å². The first kappa shape index (κ1) is 17.7. The van der Waals surface area contributed by atoms with Gasteiger partial charge in [0.15, 0.2) is 0 Å². The van der Waals surface area contributed by atoms with Gasteiger partial charge in [-0.05, 0) is 40.2 Å². The predicted molar refractivity (Wildman–Crippen MR) is 100 cm³/mol. The highest BCUT2D eigenvalue weighted by Gasteiger charge is 2.24. The summed E-state index contributed by atoms with van der Waals surface area (Å²) in [4.78, 5) is 0. The minimum absolute atomic E-state index is 0.0349. The molecule has 0 aromatic heterocycles. The average Bonchev–Trinajstić information content (AvgIpc) is 2.38. The van der Waals surface area contributed by atoms with Crippen molar-refractivity contribution in [3.05, 3.63) is 52.5 Å². The van der Waals surface area contributed by atoms with E-state index < -0.39 is 0 Å². The Balaban J connectivity index is 2.58. The summed E-state index contributed by atoms with van der Waals surface area (Å²) in [6.07, 6.45) is 0. The zero-order valence-corrected chi connectivity index (χ0v) is 15.5. The van der Waals surface area contributed by atoms with Crippen LogP contribution in [0.15, 0.2) is 36.4 Å². The molecule has 0 aliphatic heterocycles. The van der Waals surface area contributed by atoms with Gasteiger partial charge in [0.2, 0.25) is 0 Å². The monoisotopic (exact) mass is 331 g/mol. The Morgan fingerprint density at radius 3 is 2.09 bits per heavy atom. The molecule has 124 valence electrons. The summed E-state index contributed by atoms with van der Waals surface area (Å²) in [5.41, 5.74) is 4.09. The van der Waals surface area contributed by atoms with Crippen molar-refractivity contribution in [3.8, 4) is 5.75 Å². The first-order valence-electron chi connectivity index (χ1n) is 7.89. The Hall–Kier alpha value is -1.67. The van der Waals surface area contributed by atoms with Crippen LogP contribution in [0.5, 0.6) is 5.75 Å². The third-order valence-corrected chi connectivity index (χ3v) is 4.18. The van der Waals surface area contributed by atoms with Gasteiger partial charge in [0.1, 0.15) is 5.75 Å². The molecule has 0 aliphatic carbocycles. The van der Waals surface area contributed by atoms with Crippen molar-refractivity contribution in [3.63, 3.8) is 0 Å². The highest BCUT2D eigenvalue weighted by molar-refractivity contribution is 6.33. The van der Waals surface area contributed by atoms with Gasteiger partial charge in [-0.25, -0.2) is 0 Å². The molecule has 2 rings (SSSR count). The van der Waals surface area contributed by atoms with E-state index in [1.807, 2.05) is 18.2 Å². The summed E-state index contributed by atoms with van der Waals surface area (Å²) >= 11 is 6.61. The summed E-state index contributed by atoms with van der Waals surface area (Å²) in [7, 11) is 0. The van der Waals surface area contributed by atoms with Crippen LogP contribution < -0.4 is 5.32 Å². The van der Waals surface area contributed by atoms with E-state index in [1.165, 1.54) is 11.1 Å². The number of rotatable bonds is 2. The molecule has 0 radical (unpaired) electrons. The van der Waals surface area contributed by atoms with Gasteiger partial charge in [-0.2, -0.15) is 0 Å². The van der Waals surface area contributed by atoms with E-state index >= 15 is 0 Å². The summed E-state index contributed by atoms with van der Waals surface area (Å²) in [6.45, 7) is 13.1. The number of phenols is 1. The molecule has 0 fully saturated rings. The van der Waals surface area contributed by atoms with Crippen LogP contribution in [0.2, 0.25) is 5.02 Å². The molecular formula is C20H26ClNO. The molecule has 0 heterocycles. The van der Waals surface area contributed by atoms with Gasteiger partial charge in [0.25, 0.3) is 0 Å². The smallest absolute Gasteiger partial charge is 0.117 e. The maximum atomic E-state index is 9.67. The highest BCUT2D eigenvalue weighted by atomic mass is 35.5. The van der Waals surface area contributed by atoms with Crippen LogP contribution in [0.4, 0.5) is 11.4 Å². The average molecular weight is 332 g/mol. The van der Waals surface area contributed by atoms with Crippen LogP contribution in [-0.4, -0.2) is 5.11 Å². The first-order chi connectivity index (χ1) is 10.5. The Bertz CT molecular complexity index is 709. The van der Waals surface area contributed by atoms with Crippen molar-refractivity contribution in [1.82, 2.24) is 0 Å². The fourth-order valence-electron chi connectivity index (χ4n) is 2.49. The van der Waals surface area contributed by atoms with Gasteiger partial charge in [-0.15, -0.1) is 0 Å². The third kappa shape index (κ3) is 4.20. The predicted octanol–water partition coefficient (Wildman–Crippen LogP) is 6.38. The number of halogens is 1. The molecule has 0 saturated heterocycles. The molecule has 0 amide bonds. The van der Waals surface area contributed by atoms with Crippen LogP contribution in [0.25, 0.3) is 0 Å². The Labute approximate surface area is 144 Å². The van der Waals surface area contributed by atoms with Crippen molar-refractivity contribution >= 4 is 23.0 Å². The lowest BCUT2D eigenvalue weighted by atomic mass is 9.80. The lowest BCUT2D eigenvalue weighted by molar-refractivity contribution is 0.475. The number of nitrogens with one attached hydrogen (secondary N) is 1. The SMILES string of the molecule is CC(C)(C)c1cc(Cl)c(Nc2cccc(O)c2)c(C(C)(C)C)c1. The molecule has 23 heavy (non-hydrogen) atoms. The lowest BCUT2D eigenvalue weighted by Gasteiger charge is -2.29. The van der Waals surface area contributed by atoms with Gasteiger partial charge in [-0.1, -0.05) is 65.3 Å². The number of benzene rings is 2. The minimum Gasteiger partial charge on any atom is -0.508 e. The molecule has 2 aromatic carbocycles. The second kappa shape index (κ2) is 6.09. The molecule has 0 saturated carbocycles. The molecular weight excluding hydrogens is 306 g/mol. The van der Waals surface area contributed by atoms with E-state index in [2.05, 4.69) is 52.9 Å². The zero-order chi connectivity index (χ0) is 17.4. The van der Waals surface area contributed by atoms with Crippen molar-refractivity contribution < 1.29 is 5.11 Å². The molecule has 0 aliphatic rings. The molecule has 3 heteroatoms. The van der Waals surface area contributed by atoms with Gasteiger partial charge in [0, 0.05) is 11.8 Å². The topological polar surface area (TPSA) is 32.3 Å². The molecule has 0 atom stereocenters. The second-order valence-corrected chi connectivity index (χ2v) is 8.46. The summed E-state index contributed by atoms with van der Waals surface area (Å²) in [5, 5.41) is 13.7. The van der Waals surface area contributed by atoms with E-state index in [1.54, 1.807) is 12.1 Å². The van der Waals surface area contributed by atoms with Crippen molar-refractivity contribution in [2.24, 2.45) is 0 Å². The fourth-order valence-corrected chi connectivity index (χ4v) is 2.75. The van der Waals surface area contributed by atoms with E-state index in [0.717, 1.165) is 11.4 Å². The Morgan fingerprint density at radius 1 is 0.913 bits per heavy atom. The van der Waals surface area contributed by atoms with Crippen molar-refractivity contribution in [1.29, 1.82) is 0 Å². The van der Waals surface area contributed by atoms with E-state index in [9.17, 15) is 5.11 Å². The van der Waals surface area contributed by atoms with Crippen LogP contribution in [0.3, 0.4) is 0 Å². The van der Waals surface area contributed by atoms with Crippen LogP contribution in [-0.2, 0) is 10.8 Å². The minimum atomic E-state index is -0.0515. The number of hydrogen-bond donors (Lipinski definition) is 2. The number of hydrogen-bond acceptors (Lipinski definition) is 2.